The fourth-order valence-electron chi connectivity index (χ4n) is 2.36. The Balaban J connectivity index is 1.98. The predicted molar refractivity (Wildman–Crippen MR) is 86.6 cm³/mol. The van der Waals surface area contributed by atoms with Gasteiger partial charge in [-0.05, 0) is 25.2 Å². The van der Waals surface area contributed by atoms with Gasteiger partial charge in [0.1, 0.15) is 29.2 Å². The molecule has 0 radical (unpaired) electrons. The van der Waals surface area contributed by atoms with E-state index in [9.17, 15) is 0 Å². The van der Waals surface area contributed by atoms with E-state index < -0.39 is 0 Å². The molecule has 0 amide bonds. The third-order valence-corrected chi connectivity index (χ3v) is 5.37. The topological polar surface area (TPSA) is 56.3 Å². The van der Waals surface area contributed by atoms with Crippen LogP contribution < -0.4 is 14.8 Å². The molecule has 21 heavy (non-hydrogen) atoms. The van der Waals surface area contributed by atoms with E-state index in [-0.39, 0.29) is 0 Å². The Bertz CT molecular complexity index is 659. The van der Waals surface area contributed by atoms with E-state index in [4.69, 9.17) is 9.47 Å². The molecule has 1 aliphatic carbocycles. The van der Waals surface area contributed by atoms with Gasteiger partial charge in [0.2, 0.25) is 0 Å². The molecule has 1 saturated carbocycles. The summed E-state index contributed by atoms with van der Waals surface area (Å²) < 4.78 is 11.1. The lowest BCUT2D eigenvalue weighted by Crippen LogP contribution is -2.18. The summed E-state index contributed by atoms with van der Waals surface area (Å²) in [6, 6.07) is 3.78. The van der Waals surface area contributed by atoms with Crippen LogP contribution in [0.1, 0.15) is 12.8 Å². The lowest BCUT2D eigenvalue weighted by Gasteiger charge is -2.15. The zero-order valence-corrected chi connectivity index (χ0v) is 13.3. The number of nitrogens with one attached hydrogen (secondary N) is 1. The molecule has 3 rings (SSSR count). The van der Waals surface area contributed by atoms with Gasteiger partial charge in [-0.3, -0.25) is 0 Å². The van der Waals surface area contributed by atoms with Crippen LogP contribution in [0.5, 0.6) is 11.5 Å². The predicted octanol–water partition coefficient (Wildman–Crippen LogP) is 2.95. The minimum Gasteiger partial charge on any atom is -0.497 e. The largest absolute Gasteiger partial charge is 0.497 e. The summed E-state index contributed by atoms with van der Waals surface area (Å²) in [4.78, 5) is 8.71. The minimum absolute atomic E-state index is 0.375. The summed E-state index contributed by atoms with van der Waals surface area (Å²) >= 11 is 1.92. The number of ether oxygens (including phenoxy) is 2. The molecule has 0 spiro atoms. The molecule has 1 aromatic carbocycles. The number of aromatic nitrogens is 2. The van der Waals surface area contributed by atoms with E-state index in [1.54, 1.807) is 20.5 Å². The molecule has 2 aromatic rings. The second-order valence-corrected chi connectivity index (χ2v) is 6.46. The first-order valence-electron chi connectivity index (χ1n) is 6.87. The van der Waals surface area contributed by atoms with E-state index in [2.05, 4.69) is 21.5 Å². The standard InChI is InChI=1S/C15H19N3O2S/c1-19-10-6-11-13(12(7-10)20-2)17-9-18-14(11)16-8-15(21-3)4-5-15/h6-7,9H,4-5,8H2,1-3H3,(H,16,17,18). The van der Waals surface area contributed by atoms with E-state index in [0.29, 0.717) is 10.5 Å². The maximum atomic E-state index is 5.40. The number of nitrogens with zero attached hydrogens (tertiary/aromatic N) is 2. The molecule has 0 aliphatic heterocycles. The van der Waals surface area contributed by atoms with Crippen LogP contribution in [-0.4, -0.2) is 41.7 Å². The molecule has 0 saturated heterocycles. The molecule has 1 aromatic heterocycles. The molecule has 6 heteroatoms. The second-order valence-electron chi connectivity index (χ2n) is 5.19. The number of fused-ring (bicyclic) bond motifs is 1. The highest BCUT2D eigenvalue weighted by atomic mass is 32.2. The number of benzene rings is 1. The van der Waals surface area contributed by atoms with Crippen LogP contribution in [0.3, 0.4) is 0 Å². The molecular weight excluding hydrogens is 286 g/mol. The van der Waals surface area contributed by atoms with Gasteiger partial charge in [-0.15, -0.1) is 0 Å². The van der Waals surface area contributed by atoms with Crippen LogP contribution in [0.4, 0.5) is 5.82 Å². The molecule has 1 aliphatic rings. The van der Waals surface area contributed by atoms with Gasteiger partial charge in [0.05, 0.1) is 19.6 Å². The normalized spacial score (nSPS) is 15.8. The van der Waals surface area contributed by atoms with Crippen LogP contribution in [0.2, 0.25) is 0 Å². The first-order valence-corrected chi connectivity index (χ1v) is 8.09. The van der Waals surface area contributed by atoms with Gasteiger partial charge >= 0.3 is 0 Å². The Labute approximate surface area is 128 Å². The van der Waals surface area contributed by atoms with Crippen LogP contribution in [0.25, 0.3) is 10.9 Å². The fourth-order valence-corrected chi connectivity index (χ4v) is 3.09. The van der Waals surface area contributed by atoms with Crippen molar-refractivity contribution in [2.45, 2.75) is 17.6 Å². The molecule has 112 valence electrons. The monoisotopic (exact) mass is 305 g/mol. The summed E-state index contributed by atoms with van der Waals surface area (Å²) in [5.41, 5.74) is 0.796. The smallest absolute Gasteiger partial charge is 0.148 e. The van der Waals surface area contributed by atoms with Gasteiger partial charge < -0.3 is 14.8 Å². The van der Waals surface area contributed by atoms with Crippen molar-refractivity contribution in [3.63, 3.8) is 0 Å². The zero-order chi connectivity index (χ0) is 14.9. The summed E-state index contributed by atoms with van der Waals surface area (Å²) in [6.45, 7) is 0.916. The number of thioether (sulfide) groups is 1. The molecular formula is C15H19N3O2S. The lowest BCUT2D eigenvalue weighted by molar-refractivity contribution is 0.397. The highest BCUT2D eigenvalue weighted by Gasteiger charge is 2.41. The summed E-state index contributed by atoms with van der Waals surface area (Å²) in [7, 11) is 3.28. The summed E-state index contributed by atoms with van der Waals surface area (Å²) in [6.07, 6.45) is 6.25. The third kappa shape index (κ3) is 2.72. The molecule has 1 heterocycles. The van der Waals surface area contributed by atoms with Gasteiger partial charge in [-0.25, -0.2) is 9.97 Å². The molecule has 0 bridgehead atoms. The van der Waals surface area contributed by atoms with Gasteiger partial charge in [-0.1, -0.05) is 0 Å². The minimum atomic E-state index is 0.375. The third-order valence-electron chi connectivity index (χ3n) is 3.95. The maximum absolute atomic E-state index is 5.40. The average Bonchev–Trinajstić information content (AvgIpc) is 3.32. The highest BCUT2D eigenvalue weighted by molar-refractivity contribution is 8.00. The Morgan fingerprint density at radius 3 is 2.67 bits per heavy atom. The molecule has 1 N–H and O–H groups in total. The Kier molecular flexibility index (Phi) is 3.80. The van der Waals surface area contributed by atoms with Crippen LogP contribution in [-0.2, 0) is 0 Å². The summed E-state index contributed by atoms with van der Waals surface area (Å²) in [5.74, 6) is 2.27. The van der Waals surface area contributed by atoms with E-state index >= 15 is 0 Å². The molecule has 0 atom stereocenters. The molecule has 5 nitrogen and oxygen atoms in total. The quantitative estimate of drug-likeness (QED) is 0.885. The van der Waals surface area contributed by atoms with Crippen molar-refractivity contribution in [2.24, 2.45) is 0 Å². The highest BCUT2D eigenvalue weighted by Crippen LogP contribution is 2.47. The van der Waals surface area contributed by atoms with Gasteiger partial charge in [0.25, 0.3) is 0 Å². The van der Waals surface area contributed by atoms with Crippen LogP contribution in [0.15, 0.2) is 18.5 Å². The van der Waals surface area contributed by atoms with Gasteiger partial charge in [0.15, 0.2) is 0 Å². The number of hydrogen-bond acceptors (Lipinski definition) is 6. The lowest BCUT2D eigenvalue weighted by atomic mass is 10.2. The maximum Gasteiger partial charge on any atom is 0.148 e. The van der Waals surface area contributed by atoms with Crippen molar-refractivity contribution >= 4 is 28.5 Å². The van der Waals surface area contributed by atoms with Crippen molar-refractivity contribution in [1.29, 1.82) is 0 Å². The first kappa shape index (κ1) is 14.3. The van der Waals surface area contributed by atoms with Crippen molar-refractivity contribution in [3.8, 4) is 11.5 Å². The van der Waals surface area contributed by atoms with Crippen molar-refractivity contribution < 1.29 is 9.47 Å². The summed E-state index contributed by atoms with van der Waals surface area (Å²) in [5, 5.41) is 4.38. The Morgan fingerprint density at radius 2 is 2.05 bits per heavy atom. The number of anilines is 1. The Hall–Kier alpha value is -1.69. The van der Waals surface area contributed by atoms with Crippen LogP contribution >= 0.6 is 11.8 Å². The van der Waals surface area contributed by atoms with Crippen LogP contribution in [0, 0.1) is 0 Å². The number of rotatable bonds is 6. The van der Waals surface area contributed by atoms with Crippen molar-refractivity contribution in [2.75, 3.05) is 32.3 Å². The van der Waals surface area contributed by atoms with Gasteiger partial charge in [-0.2, -0.15) is 11.8 Å². The average molecular weight is 305 g/mol. The second kappa shape index (κ2) is 5.60. The SMILES string of the molecule is COc1cc(OC)c2ncnc(NCC3(SC)CC3)c2c1. The number of methoxy groups -OCH3 is 2. The van der Waals surface area contributed by atoms with Crippen molar-refractivity contribution in [3.05, 3.63) is 18.5 Å². The zero-order valence-electron chi connectivity index (χ0n) is 12.5. The van der Waals surface area contributed by atoms with E-state index in [1.807, 2.05) is 23.9 Å². The molecule has 0 unspecified atom stereocenters. The van der Waals surface area contributed by atoms with E-state index in [0.717, 1.165) is 29.0 Å². The van der Waals surface area contributed by atoms with Crippen molar-refractivity contribution in [1.82, 2.24) is 9.97 Å². The fraction of sp³-hybridized carbons (Fsp3) is 0.467. The first-order chi connectivity index (χ1) is 10.2. The number of hydrogen-bond donors (Lipinski definition) is 1. The Morgan fingerprint density at radius 1 is 1.24 bits per heavy atom. The molecule has 1 fully saturated rings. The van der Waals surface area contributed by atoms with E-state index in [1.165, 1.54) is 12.8 Å². The van der Waals surface area contributed by atoms with Gasteiger partial charge in [0, 0.05) is 17.4 Å².